The van der Waals surface area contributed by atoms with Gasteiger partial charge in [0.1, 0.15) is 34.7 Å². The van der Waals surface area contributed by atoms with Gasteiger partial charge in [0.15, 0.2) is 0 Å². The van der Waals surface area contributed by atoms with Crippen LogP contribution in [-0.4, -0.2) is 45.2 Å². The molecule has 12 heteroatoms. The Balaban J connectivity index is 0.000000167. The van der Waals surface area contributed by atoms with Crippen LogP contribution < -0.4 is 12.4 Å². The van der Waals surface area contributed by atoms with Gasteiger partial charge in [-0.3, -0.25) is 0 Å². The summed E-state index contributed by atoms with van der Waals surface area (Å²) in [4.78, 5) is 22.8. The number of phenols is 3. The van der Waals surface area contributed by atoms with E-state index in [1.807, 2.05) is 109 Å². The number of hydrogen-bond acceptors (Lipinski definition) is 6. The molecule has 0 bridgehead atoms. The van der Waals surface area contributed by atoms with Gasteiger partial charge in [0.25, 0.3) is 0 Å². The van der Waals surface area contributed by atoms with Gasteiger partial charge >= 0.3 is 0 Å². The molecule has 0 amide bonds. The van der Waals surface area contributed by atoms with Gasteiger partial charge in [-0.15, -0.1) is 0 Å². The zero-order valence-corrected chi connectivity index (χ0v) is 34.0. The molecule has 0 spiro atoms. The average molecular weight is 797 g/mol. The Morgan fingerprint density at radius 1 is 0.333 bits per heavy atom. The second-order valence-corrected chi connectivity index (χ2v) is 10.9. The minimum Gasteiger partial charge on any atom is -1.00 e. The summed E-state index contributed by atoms with van der Waals surface area (Å²) >= 11 is 0. The minimum atomic E-state index is 0. The molecule has 0 atom stereocenters. The topological polar surface area (TPSA) is 147 Å². The molecule has 0 aliphatic rings. The quantitative estimate of drug-likeness (QED) is 0.125. The Hall–Kier alpha value is -5.33. The van der Waals surface area contributed by atoms with Crippen molar-refractivity contribution in [2.24, 2.45) is 0 Å². The number of aromatic hydroxyl groups is 3. The van der Waals surface area contributed by atoms with Crippen LogP contribution in [0.25, 0.3) is 67.3 Å². The predicted molar refractivity (Wildman–Crippen MR) is 190 cm³/mol. The van der Waals surface area contributed by atoms with E-state index in [9.17, 15) is 15.3 Å². The van der Waals surface area contributed by atoms with Gasteiger partial charge in [0.2, 0.25) is 0 Å². The van der Waals surface area contributed by atoms with Gasteiger partial charge < -0.3 is 42.7 Å². The summed E-state index contributed by atoms with van der Waals surface area (Å²) in [6, 6.07) is 44.9. The van der Waals surface area contributed by atoms with E-state index in [0.29, 0.717) is 17.5 Å². The van der Waals surface area contributed by atoms with Crippen LogP contribution in [0.2, 0.25) is 0 Å². The Morgan fingerprint density at radius 2 is 0.569 bits per heavy atom. The fraction of sp³-hybridized carbons (Fsp3) is 0. The third-order valence-corrected chi connectivity index (χ3v) is 7.65. The molecule has 3 aromatic heterocycles. The van der Waals surface area contributed by atoms with E-state index in [0.717, 1.165) is 49.8 Å². The number of rotatable bonds is 3. The summed E-state index contributed by atoms with van der Waals surface area (Å²) in [6.07, 6.45) is 0. The Kier molecular flexibility index (Phi) is 13.2. The molecule has 6 aromatic carbocycles. The molecule has 3 heterocycles. The third-order valence-electron chi connectivity index (χ3n) is 7.65. The zero-order chi connectivity index (χ0) is 32.9. The number of H-pyrrole nitrogens is 3. The molecule has 0 radical (unpaired) electrons. The van der Waals surface area contributed by atoms with E-state index in [1.165, 1.54) is 0 Å². The normalized spacial score (nSPS) is 10.1. The molecule has 0 aliphatic carbocycles. The molecular formula is C39H30ClN6O3Zn2-. The summed E-state index contributed by atoms with van der Waals surface area (Å²) in [5, 5.41) is 29.2. The van der Waals surface area contributed by atoms with Crippen molar-refractivity contribution >= 4 is 33.1 Å². The van der Waals surface area contributed by atoms with Gasteiger partial charge in [-0.2, -0.15) is 0 Å². The molecule has 0 saturated heterocycles. The van der Waals surface area contributed by atoms with E-state index in [2.05, 4.69) is 29.9 Å². The number of nitrogens with zero attached hydrogens (tertiary/aromatic N) is 3. The second-order valence-electron chi connectivity index (χ2n) is 10.9. The van der Waals surface area contributed by atoms with Crippen molar-refractivity contribution in [1.82, 2.24) is 29.9 Å². The van der Waals surface area contributed by atoms with Crippen molar-refractivity contribution in [2.75, 3.05) is 0 Å². The Bertz CT molecular complexity index is 2120. The van der Waals surface area contributed by atoms with Gasteiger partial charge in [-0.05, 0) is 72.8 Å². The maximum Gasteiger partial charge on any atom is 0.142 e. The molecule has 246 valence electrons. The number of benzene rings is 6. The first-order chi connectivity index (χ1) is 23.5. The maximum atomic E-state index is 9.73. The van der Waals surface area contributed by atoms with E-state index < -0.39 is 0 Å². The SMILES string of the molecule is Oc1ccccc1-c1nc2ccccc2[nH]1.Oc1ccccc1-c1nc2ccccc2[nH]1.Oc1ccccc1-c1nc2ccccc2[nH]1.[Cl-].[Zn].[Zn]. The molecule has 6 N–H and O–H groups in total. The van der Waals surface area contributed by atoms with Crippen LogP contribution in [0.3, 0.4) is 0 Å². The maximum absolute atomic E-state index is 9.73. The number of phenolic OH excluding ortho intramolecular Hbond substituents is 3. The van der Waals surface area contributed by atoms with Gasteiger partial charge in [0, 0.05) is 39.0 Å². The number of fused-ring (bicyclic) bond motifs is 3. The molecule has 0 fully saturated rings. The minimum absolute atomic E-state index is 0. The van der Waals surface area contributed by atoms with Crippen molar-refractivity contribution in [3.05, 3.63) is 146 Å². The number of halogens is 1. The number of hydrogen-bond donors (Lipinski definition) is 6. The van der Waals surface area contributed by atoms with Crippen molar-refractivity contribution < 1.29 is 66.7 Å². The first-order valence-corrected chi connectivity index (χ1v) is 15.2. The number of aromatic nitrogens is 6. The summed E-state index contributed by atoms with van der Waals surface area (Å²) in [6.45, 7) is 0. The van der Waals surface area contributed by atoms with Crippen LogP contribution in [0.4, 0.5) is 0 Å². The summed E-state index contributed by atoms with van der Waals surface area (Å²) in [5.74, 6) is 2.79. The fourth-order valence-electron chi connectivity index (χ4n) is 5.26. The number of para-hydroxylation sites is 9. The molecule has 9 aromatic rings. The van der Waals surface area contributed by atoms with Crippen LogP contribution in [0.15, 0.2) is 146 Å². The number of aromatic amines is 3. The van der Waals surface area contributed by atoms with Crippen LogP contribution in [0.5, 0.6) is 17.2 Å². The summed E-state index contributed by atoms with van der Waals surface area (Å²) in [5.41, 5.74) is 7.79. The van der Waals surface area contributed by atoms with E-state index in [-0.39, 0.29) is 68.6 Å². The zero-order valence-electron chi connectivity index (χ0n) is 27.3. The Labute approximate surface area is 324 Å². The predicted octanol–water partition coefficient (Wildman–Crippen LogP) is 5.81. The molecule has 0 saturated carbocycles. The van der Waals surface area contributed by atoms with E-state index >= 15 is 0 Å². The average Bonchev–Trinajstić information content (AvgIpc) is 3.86. The summed E-state index contributed by atoms with van der Waals surface area (Å²) in [7, 11) is 0. The molecule has 9 rings (SSSR count). The second kappa shape index (κ2) is 17.5. The van der Waals surface area contributed by atoms with Crippen LogP contribution >= 0.6 is 0 Å². The van der Waals surface area contributed by atoms with Crippen LogP contribution in [-0.2, 0) is 39.0 Å². The first-order valence-electron chi connectivity index (χ1n) is 15.2. The van der Waals surface area contributed by atoms with E-state index in [4.69, 9.17) is 0 Å². The largest absolute Gasteiger partial charge is 1.00 e. The van der Waals surface area contributed by atoms with Crippen LogP contribution in [0, 0.1) is 0 Å². The van der Waals surface area contributed by atoms with Crippen molar-refractivity contribution in [3.8, 4) is 51.4 Å². The van der Waals surface area contributed by atoms with Crippen molar-refractivity contribution in [2.45, 2.75) is 0 Å². The van der Waals surface area contributed by atoms with E-state index in [1.54, 1.807) is 36.4 Å². The van der Waals surface area contributed by atoms with Crippen molar-refractivity contribution in [1.29, 1.82) is 0 Å². The van der Waals surface area contributed by atoms with Crippen molar-refractivity contribution in [3.63, 3.8) is 0 Å². The molecule has 51 heavy (non-hydrogen) atoms. The first kappa shape index (κ1) is 38.5. The molecule has 0 aliphatic heterocycles. The monoisotopic (exact) mass is 793 g/mol. The standard InChI is InChI=1S/3C13H10N2O.ClH.2Zn/c3*16-12-8-4-1-5-9(12)13-14-10-6-2-3-7-11(10)15-13;;;/h3*1-8,16H,(H,14,15);1H;;/p-1. The summed E-state index contributed by atoms with van der Waals surface area (Å²) < 4.78 is 0. The molecule has 9 nitrogen and oxygen atoms in total. The number of nitrogens with one attached hydrogen (secondary N) is 3. The van der Waals surface area contributed by atoms with Gasteiger partial charge in [-0.25, -0.2) is 15.0 Å². The molecule has 0 unspecified atom stereocenters. The van der Waals surface area contributed by atoms with Gasteiger partial charge in [0.05, 0.1) is 49.8 Å². The van der Waals surface area contributed by atoms with Crippen LogP contribution in [0.1, 0.15) is 0 Å². The van der Waals surface area contributed by atoms with Gasteiger partial charge in [-0.1, -0.05) is 72.8 Å². The number of imidazole rings is 3. The molecular weight excluding hydrogens is 767 g/mol. The third kappa shape index (κ3) is 8.70. The Morgan fingerprint density at radius 3 is 0.824 bits per heavy atom. The smallest absolute Gasteiger partial charge is 0.142 e. The fourth-order valence-corrected chi connectivity index (χ4v) is 5.26.